The maximum Gasteiger partial charge on any atom is 0.122 e. The van der Waals surface area contributed by atoms with E-state index in [1.807, 2.05) is 0 Å². The fourth-order valence-electron chi connectivity index (χ4n) is 2.78. The van der Waals surface area contributed by atoms with Gasteiger partial charge in [-0.15, -0.1) is 0 Å². The maximum atomic E-state index is 6.40. The molecule has 2 aromatic rings. The third-order valence-electron chi connectivity index (χ3n) is 4.01. The first-order valence-corrected chi connectivity index (χ1v) is 7.47. The van der Waals surface area contributed by atoms with E-state index in [-0.39, 0.29) is 6.04 Å². The Kier molecular flexibility index (Phi) is 5.03. The molecule has 2 heteroatoms. The van der Waals surface area contributed by atoms with Crippen LogP contribution in [-0.2, 0) is 6.42 Å². The summed E-state index contributed by atoms with van der Waals surface area (Å²) in [5.41, 5.74) is 12.6. The van der Waals surface area contributed by atoms with Gasteiger partial charge < -0.3 is 10.5 Å². The molecule has 2 aromatic carbocycles. The van der Waals surface area contributed by atoms with Crippen LogP contribution in [-0.4, -0.2) is 7.11 Å². The van der Waals surface area contributed by atoms with Crippen LogP contribution in [0.3, 0.4) is 0 Å². The second-order valence-electron chi connectivity index (χ2n) is 5.81. The summed E-state index contributed by atoms with van der Waals surface area (Å²) in [6.07, 6.45) is 1.96. The largest absolute Gasteiger partial charge is 0.496 e. The summed E-state index contributed by atoms with van der Waals surface area (Å²) in [6.45, 7) is 6.29. The highest BCUT2D eigenvalue weighted by Crippen LogP contribution is 2.27. The number of aryl methyl sites for hydroxylation is 4. The second kappa shape index (κ2) is 6.77. The van der Waals surface area contributed by atoms with E-state index < -0.39 is 0 Å². The van der Waals surface area contributed by atoms with Crippen molar-refractivity contribution in [1.82, 2.24) is 0 Å². The van der Waals surface area contributed by atoms with Crippen molar-refractivity contribution in [3.05, 3.63) is 64.2 Å². The zero-order valence-corrected chi connectivity index (χ0v) is 13.4. The minimum atomic E-state index is 0.0649. The van der Waals surface area contributed by atoms with Crippen molar-refractivity contribution in [2.75, 3.05) is 7.11 Å². The van der Waals surface area contributed by atoms with Gasteiger partial charge in [0, 0.05) is 6.04 Å². The van der Waals surface area contributed by atoms with Crippen molar-refractivity contribution in [3.8, 4) is 5.75 Å². The molecule has 0 aromatic heterocycles. The molecule has 0 aliphatic heterocycles. The predicted octanol–water partition coefficient (Wildman–Crippen LogP) is 4.25. The second-order valence-corrected chi connectivity index (χ2v) is 5.81. The molecule has 2 rings (SSSR count). The smallest absolute Gasteiger partial charge is 0.122 e. The highest BCUT2D eigenvalue weighted by molar-refractivity contribution is 5.42. The van der Waals surface area contributed by atoms with Gasteiger partial charge in [0.15, 0.2) is 0 Å². The third kappa shape index (κ3) is 3.85. The Morgan fingerprint density at radius 3 is 2.48 bits per heavy atom. The van der Waals surface area contributed by atoms with Crippen molar-refractivity contribution < 1.29 is 4.74 Å². The molecule has 0 saturated heterocycles. The normalized spacial score (nSPS) is 12.2. The molecule has 112 valence electrons. The first-order chi connectivity index (χ1) is 10.0. The molecule has 0 spiro atoms. The standard InChI is InChI=1S/C19H25NO/c1-13-6-5-7-16(10-13)8-9-18(20)17-11-15(3)19(21-4)12-14(17)2/h5-7,10-12,18H,8-9,20H2,1-4H3. The van der Waals surface area contributed by atoms with E-state index in [1.54, 1.807) is 7.11 Å². The van der Waals surface area contributed by atoms with Gasteiger partial charge in [0.2, 0.25) is 0 Å². The van der Waals surface area contributed by atoms with Crippen LogP contribution < -0.4 is 10.5 Å². The molecule has 21 heavy (non-hydrogen) atoms. The van der Waals surface area contributed by atoms with Gasteiger partial charge in [0.1, 0.15) is 5.75 Å². The average Bonchev–Trinajstić information content (AvgIpc) is 2.46. The third-order valence-corrected chi connectivity index (χ3v) is 4.01. The number of rotatable bonds is 5. The molecule has 0 fully saturated rings. The molecule has 0 heterocycles. The Labute approximate surface area is 127 Å². The van der Waals surface area contributed by atoms with Crippen molar-refractivity contribution in [1.29, 1.82) is 0 Å². The van der Waals surface area contributed by atoms with Crippen LogP contribution in [0.5, 0.6) is 5.75 Å². The summed E-state index contributed by atoms with van der Waals surface area (Å²) in [4.78, 5) is 0. The number of methoxy groups -OCH3 is 1. The zero-order valence-electron chi connectivity index (χ0n) is 13.4. The molecule has 1 unspecified atom stereocenters. The highest BCUT2D eigenvalue weighted by Gasteiger charge is 2.12. The first kappa shape index (κ1) is 15.6. The number of benzene rings is 2. The number of ether oxygens (including phenoxy) is 1. The van der Waals surface area contributed by atoms with Crippen LogP contribution in [0.15, 0.2) is 36.4 Å². The lowest BCUT2D eigenvalue weighted by Crippen LogP contribution is -2.13. The summed E-state index contributed by atoms with van der Waals surface area (Å²) < 4.78 is 5.36. The van der Waals surface area contributed by atoms with Crippen LogP contribution in [0.4, 0.5) is 0 Å². The molecule has 0 aliphatic rings. The van der Waals surface area contributed by atoms with Crippen molar-refractivity contribution in [3.63, 3.8) is 0 Å². The Morgan fingerprint density at radius 1 is 1.05 bits per heavy atom. The molecule has 0 radical (unpaired) electrons. The summed E-state index contributed by atoms with van der Waals surface area (Å²) in [5.74, 6) is 0.933. The van der Waals surface area contributed by atoms with Crippen molar-refractivity contribution >= 4 is 0 Å². The highest BCUT2D eigenvalue weighted by atomic mass is 16.5. The average molecular weight is 283 g/mol. The van der Waals surface area contributed by atoms with E-state index in [2.05, 4.69) is 57.2 Å². The Bertz CT molecular complexity index is 619. The zero-order chi connectivity index (χ0) is 15.4. The summed E-state index contributed by atoms with van der Waals surface area (Å²) in [7, 11) is 1.71. The van der Waals surface area contributed by atoms with E-state index in [0.29, 0.717) is 0 Å². The molecule has 2 N–H and O–H groups in total. The van der Waals surface area contributed by atoms with Gasteiger partial charge in [-0.05, 0) is 61.9 Å². The van der Waals surface area contributed by atoms with Gasteiger partial charge in [0.05, 0.1) is 7.11 Å². The SMILES string of the molecule is COc1cc(C)c(C(N)CCc2cccc(C)c2)cc1C. The first-order valence-electron chi connectivity index (χ1n) is 7.47. The van der Waals surface area contributed by atoms with Gasteiger partial charge in [-0.1, -0.05) is 35.9 Å². The monoisotopic (exact) mass is 283 g/mol. The molecule has 1 atom stereocenters. The molecule has 2 nitrogen and oxygen atoms in total. The van der Waals surface area contributed by atoms with Crippen LogP contribution in [0.25, 0.3) is 0 Å². The maximum absolute atomic E-state index is 6.40. The van der Waals surface area contributed by atoms with Gasteiger partial charge in [0.25, 0.3) is 0 Å². The Morgan fingerprint density at radius 2 is 1.81 bits per heavy atom. The summed E-state index contributed by atoms with van der Waals surface area (Å²) in [5, 5.41) is 0. The number of hydrogen-bond donors (Lipinski definition) is 1. The van der Waals surface area contributed by atoms with E-state index in [1.165, 1.54) is 22.3 Å². The van der Waals surface area contributed by atoms with Crippen LogP contribution in [0, 0.1) is 20.8 Å². The predicted molar refractivity (Wildman–Crippen MR) is 88.9 cm³/mol. The molecule has 0 aliphatic carbocycles. The molecule has 0 amide bonds. The van der Waals surface area contributed by atoms with E-state index >= 15 is 0 Å². The van der Waals surface area contributed by atoms with Crippen molar-refractivity contribution in [2.45, 2.75) is 39.7 Å². The van der Waals surface area contributed by atoms with Gasteiger partial charge in [-0.3, -0.25) is 0 Å². The minimum absolute atomic E-state index is 0.0649. The van der Waals surface area contributed by atoms with Crippen molar-refractivity contribution in [2.24, 2.45) is 5.73 Å². The lowest BCUT2D eigenvalue weighted by molar-refractivity contribution is 0.411. The topological polar surface area (TPSA) is 35.2 Å². The van der Waals surface area contributed by atoms with Gasteiger partial charge >= 0.3 is 0 Å². The molecular weight excluding hydrogens is 258 g/mol. The molecular formula is C19H25NO. The van der Waals surface area contributed by atoms with E-state index in [4.69, 9.17) is 10.5 Å². The van der Waals surface area contributed by atoms with E-state index in [9.17, 15) is 0 Å². The summed E-state index contributed by atoms with van der Waals surface area (Å²) in [6, 6.07) is 13.0. The minimum Gasteiger partial charge on any atom is -0.496 e. The molecule has 0 saturated carbocycles. The van der Waals surface area contributed by atoms with Gasteiger partial charge in [-0.2, -0.15) is 0 Å². The lowest BCUT2D eigenvalue weighted by Gasteiger charge is -2.17. The fourth-order valence-corrected chi connectivity index (χ4v) is 2.78. The van der Waals surface area contributed by atoms with Crippen LogP contribution >= 0.6 is 0 Å². The Hall–Kier alpha value is -1.80. The lowest BCUT2D eigenvalue weighted by atomic mass is 9.94. The summed E-state index contributed by atoms with van der Waals surface area (Å²) >= 11 is 0. The van der Waals surface area contributed by atoms with E-state index in [0.717, 1.165) is 24.2 Å². The van der Waals surface area contributed by atoms with Crippen LogP contribution in [0.1, 0.15) is 40.3 Å². The van der Waals surface area contributed by atoms with Gasteiger partial charge in [-0.25, -0.2) is 0 Å². The molecule has 0 bridgehead atoms. The quantitative estimate of drug-likeness (QED) is 0.890. The number of hydrogen-bond acceptors (Lipinski definition) is 2. The fraction of sp³-hybridized carbons (Fsp3) is 0.368. The Balaban J connectivity index is 2.10. The van der Waals surface area contributed by atoms with Crippen LogP contribution in [0.2, 0.25) is 0 Å². The number of nitrogens with two attached hydrogens (primary N) is 1.